The highest BCUT2D eigenvalue weighted by atomic mass is 31.2. The third kappa shape index (κ3) is 76.4. The van der Waals surface area contributed by atoms with Gasteiger partial charge in [-0.3, -0.25) is 37.3 Å². The zero-order valence-corrected chi connectivity index (χ0v) is 68.0. The summed E-state index contributed by atoms with van der Waals surface area (Å²) in [5.74, 6) is -2.18. The van der Waals surface area contributed by atoms with E-state index < -0.39 is 97.5 Å². The molecule has 0 fully saturated rings. The van der Waals surface area contributed by atoms with Crippen LogP contribution in [-0.4, -0.2) is 96.7 Å². The van der Waals surface area contributed by atoms with E-state index in [-0.39, 0.29) is 25.7 Å². The molecule has 0 heterocycles. The Bertz CT molecular complexity index is 2300. The average Bonchev–Trinajstić information content (AvgIpc) is 0.936. The minimum absolute atomic E-state index is 0.0830. The fourth-order valence-corrected chi connectivity index (χ4v) is 13.0. The van der Waals surface area contributed by atoms with Crippen LogP contribution in [0.5, 0.6) is 0 Å². The van der Waals surface area contributed by atoms with E-state index in [1.54, 1.807) is 0 Å². The predicted molar refractivity (Wildman–Crippen MR) is 427 cm³/mol. The molecule has 3 N–H and O–H groups in total. The van der Waals surface area contributed by atoms with Gasteiger partial charge in [0, 0.05) is 25.7 Å². The topological polar surface area (TPSA) is 237 Å². The van der Waals surface area contributed by atoms with Gasteiger partial charge in [0.25, 0.3) is 0 Å². The maximum absolute atomic E-state index is 13.1. The monoisotopic (exact) mass is 1510 g/mol. The molecule has 0 aliphatic rings. The second kappa shape index (κ2) is 77.4. The number of unbranched alkanes of at least 4 members (excludes halogenated alkanes) is 39. The molecular weight excluding hydrogens is 1350 g/mol. The van der Waals surface area contributed by atoms with Crippen molar-refractivity contribution < 1.29 is 80.2 Å². The lowest BCUT2D eigenvalue weighted by Crippen LogP contribution is -2.30. The second-order valence-electron chi connectivity index (χ2n) is 28.1. The molecule has 0 aromatic rings. The average molecular weight is 1510 g/mol. The Balaban J connectivity index is 5.31. The van der Waals surface area contributed by atoms with Crippen LogP contribution in [0.15, 0.2) is 85.1 Å². The van der Waals surface area contributed by atoms with E-state index in [2.05, 4.69) is 113 Å². The number of phosphoric ester groups is 2. The van der Waals surface area contributed by atoms with Gasteiger partial charge in [-0.25, -0.2) is 9.13 Å². The first-order chi connectivity index (χ1) is 50.7. The molecule has 0 aliphatic carbocycles. The van der Waals surface area contributed by atoms with Crippen molar-refractivity contribution in [2.45, 2.75) is 393 Å². The number of phosphoric acid groups is 2. The SMILES string of the molecule is CCCC/C=C\CCCCCCCC(=O)OC(COC(=O)CCCCCCCC/C=C\C/C=C\C/C=C\CCCCC)COP(=O)(O)OCC(O)COP(=O)(O)OCC(COC(=O)CCCCCCCC/C=C\C/C=C\C/C=C\CCCCC)OC(=O)CCCCCCCCCCCCCCCCC. The molecule has 0 radical (unpaired) electrons. The Labute approximate surface area is 634 Å². The minimum Gasteiger partial charge on any atom is -0.462 e. The van der Waals surface area contributed by atoms with Crippen LogP contribution in [0, 0.1) is 0 Å². The van der Waals surface area contributed by atoms with E-state index >= 15 is 0 Å². The van der Waals surface area contributed by atoms with Crippen LogP contribution < -0.4 is 0 Å². The van der Waals surface area contributed by atoms with Gasteiger partial charge in [0.05, 0.1) is 26.4 Å². The maximum Gasteiger partial charge on any atom is 0.472 e. The van der Waals surface area contributed by atoms with E-state index in [1.807, 2.05) is 0 Å². The van der Waals surface area contributed by atoms with Gasteiger partial charge >= 0.3 is 39.5 Å². The van der Waals surface area contributed by atoms with Crippen molar-refractivity contribution in [3.05, 3.63) is 85.1 Å². The summed E-state index contributed by atoms with van der Waals surface area (Å²) in [6.45, 7) is 4.81. The first-order valence-electron chi connectivity index (χ1n) is 41.8. The molecule has 0 aromatic heterocycles. The largest absolute Gasteiger partial charge is 0.472 e. The minimum atomic E-state index is -4.98. The van der Waals surface area contributed by atoms with Crippen molar-refractivity contribution in [3.63, 3.8) is 0 Å². The quantitative estimate of drug-likeness (QED) is 0.0169. The normalized spacial score (nSPS) is 14.3. The Morgan fingerprint density at radius 2 is 0.481 bits per heavy atom. The summed E-state index contributed by atoms with van der Waals surface area (Å²) in [6, 6.07) is 0. The Hall–Kier alpha value is -3.76. The second-order valence-corrected chi connectivity index (χ2v) is 31.0. The molecule has 0 bridgehead atoms. The van der Waals surface area contributed by atoms with Gasteiger partial charge in [0.1, 0.15) is 19.3 Å². The van der Waals surface area contributed by atoms with Gasteiger partial charge in [-0.15, -0.1) is 0 Å². The number of esters is 4. The molecule has 604 valence electrons. The van der Waals surface area contributed by atoms with Gasteiger partial charge in [0.2, 0.25) is 0 Å². The number of carbonyl (C=O) groups excluding carboxylic acids is 4. The highest BCUT2D eigenvalue weighted by Crippen LogP contribution is 2.45. The van der Waals surface area contributed by atoms with Crippen LogP contribution >= 0.6 is 15.6 Å². The smallest absolute Gasteiger partial charge is 0.462 e. The van der Waals surface area contributed by atoms with Crippen LogP contribution in [-0.2, 0) is 65.4 Å². The number of carbonyl (C=O) groups is 4. The molecule has 0 saturated heterocycles. The van der Waals surface area contributed by atoms with Gasteiger partial charge in [0.15, 0.2) is 12.2 Å². The zero-order valence-electron chi connectivity index (χ0n) is 66.2. The summed E-state index contributed by atoms with van der Waals surface area (Å²) in [4.78, 5) is 73.1. The maximum atomic E-state index is 13.1. The van der Waals surface area contributed by atoms with Crippen LogP contribution in [0.2, 0.25) is 0 Å². The van der Waals surface area contributed by atoms with Gasteiger partial charge in [-0.05, 0) is 122 Å². The van der Waals surface area contributed by atoms with Crippen molar-refractivity contribution in [2.75, 3.05) is 39.6 Å². The number of hydrogen-bond acceptors (Lipinski definition) is 15. The van der Waals surface area contributed by atoms with Crippen LogP contribution in [0.3, 0.4) is 0 Å². The first kappa shape index (κ1) is 100. The van der Waals surface area contributed by atoms with Gasteiger partial charge in [-0.2, -0.15) is 0 Å². The summed E-state index contributed by atoms with van der Waals surface area (Å²) in [5.41, 5.74) is 0. The van der Waals surface area contributed by atoms with Crippen molar-refractivity contribution in [3.8, 4) is 0 Å². The van der Waals surface area contributed by atoms with Crippen molar-refractivity contribution >= 4 is 39.5 Å². The van der Waals surface area contributed by atoms with Crippen molar-refractivity contribution in [1.82, 2.24) is 0 Å². The summed E-state index contributed by atoms with van der Waals surface area (Å²) in [5, 5.41) is 10.6. The lowest BCUT2D eigenvalue weighted by atomic mass is 10.0. The van der Waals surface area contributed by atoms with Gasteiger partial charge in [-0.1, -0.05) is 312 Å². The fourth-order valence-electron chi connectivity index (χ4n) is 11.4. The molecule has 17 nitrogen and oxygen atoms in total. The number of ether oxygens (including phenoxy) is 4. The number of aliphatic hydroxyl groups is 1. The van der Waals surface area contributed by atoms with E-state index in [4.69, 9.17) is 37.0 Å². The van der Waals surface area contributed by atoms with E-state index in [1.165, 1.54) is 116 Å². The number of aliphatic hydroxyl groups excluding tert-OH is 1. The van der Waals surface area contributed by atoms with Gasteiger partial charge < -0.3 is 33.8 Å². The highest BCUT2D eigenvalue weighted by molar-refractivity contribution is 7.47. The van der Waals surface area contributed by atoms with Crippen molar-refractivity contribution in [1.29, 1.82) is 0 Å². The van der Waals surface area contributed by atoms with E-state index in [0.717, 1.165) is 180 Å². The molecule has 0 spiro atoms. The Kier molecular flexibility index (Phi) is 74.6. The first-order valence-corrected chi connectivity index (χ1v) is 44.8. The number of allylic oxidation sites excluding steroid dienone is 14. The zero-order chi connectivity index (χ0) is 76.0. The van der Waals surface area contributed by atoms with Crippen LogP contribution in [0.25, 0.3) is 0 Å². The van der Waals surface area contributed by atoms with Crippen molar-refractivity contribution in [2.24, 2.45) is 0 Å². The molecule has 104 heavy (non-hydrogen) atoms. The standard InChI is InChI=1S/C85H152O17P2/c1-5-9-13-17-21-25-29-32-35-37-39-41-44-46-50-53-57-61-65-69-82(87)95-75-80(101-84(89)71-67-63-59-55-49-28-24-20-16-12-8-4)77-99-103(91,92)97-73-79(86)74-98-104(93,94)100-78-81(102-85(90)72-68-64-60-56-52-48-43-34-31-27-23-19-15-11-7-3)76-96-83(88)70-66-62-58-54-51-47-45-42-40-38-36-33-30-26-22-18-14-10-6-2/h20-22,24-26,32-33,35-36,39-42,79-81,86H,5-19,23,27-31,34,37-38,43-78H2,1-4H3,(H,91,92)(H,93,94)/b24-20-,25-21-,26-22-,35-32-,36-33-,41-39-,42-40-. The van der Waals surface area contributed by atoms with E-state index in [0.29, 0.717) is 25.7 Å². The molecule has 0 amide bonds. The number of hydrogen-bond donors (Lipinski definition) is 3. The summed E-state index contributed by atoms with van der Waals surface area (Å²) in [7, 11) is -9.96. The highest BCUT2D eigenvalue weighted by Gasteiger charge is 2.30. The predicted octanol–water partition coefficient (Wildman–Crippen LogP) is 24.6. The molecule has 5 unspecified atom stereocenters. The van der Waals surface area contributed by atoms with E-state index in [9.17, 15) is 43.2 Å². The molecule has 0 saturated carbocycles. The Morgan fingerprint density at radius 1 is 0.269 bits per heavy atom. The molecule has 0 rings (SSSR count). The lowest BCUT2D eigenvalue weighted by Gasteiger charge is -2.21. The molecule has 19 heteroatoms. The third-order valence-electron chi connectivity index (χ3n) is 17.8. The summed E-state index contributed by atoms with van der Waals surface area (Å²) >= 11 is 0. The van der Waals surface area contributed by atoms with Crippen LogP contribution in [0.4, 0.5) is 0 Å². The molecule has 0 aromatic carbocycles. The Morgan fingerprint density at radius 3 is 0.779 bits per heavy atom. The molecule has 0 aliphatic heterocycles. The fraction of sp³-hybridized carbons (Fsp3) is 0.788. The lowest BCUT2D eigenvalue weighted by molar-refractivity contribution is -0.161. The molecular formula is C85H152O17P2. The summed E-state index contributed by atoms with van der Waals surface area (Å²) < 4.78 is 68.7. The summed E-state index contributed by atoms with van der Waals surface area (Å²) in [6.07, 6.45) is 81.2. The third-order valence-corrected chi connectivity index (χ3v) is 19.7. The van der Waals surface area contributed by atoms with Crippen LogP contribution in [0.1, 0.15) is 374 Å². The molecule has 5 atom stereocenters. The number of rotatable bonds is 79.